The molecule has 0 aliphatic heterocycles. The molecule has 0 unspecified atom stereocenters. The first-order chi connectivity index (χ1) is 13.8. The minimum Gasteiger partial charge on any atom is -0.354 e. The number of aromatic nitrogens is 2. The van der Waals surface area contributed by atoms with Gasteiger partial charge in [0, 0.05) is 12.7 Å². The highest BCUT2D eigenvalue weighted by atomic mass is 32.1. The van der Waals surface area contributed by atoms with Gasteiger partial charge in [0.15, 0.2) is 0 Å². The summed E-state index contributed by atoms with van der Waals surface area (Å²) in [6.07, 6.45) is 2.33. The third-order valence-electron chi connectivity index (χ3n) is 4.50. The molecule has 0 radical (unpaired) electrons. The van der Waals surface area contributed by atoms with Crippen molar-refractivity contribution >= 4 is 17.2 Å². The van der Waals surface area contributed by atoms with E-state index in [1.54, 1.807) is 11.3 Å². The van der Waals surface area contributed by atoms with Gasteiger partial charge in [0.25, 0.3) is 0 Å². The number of carbonyl (C=O) groups is 1. The zero-order valence-corrected chi connectivity index (χ0v) is 16.2. The van der Waals surface area contributed by atoms with E-state index in [4.69, 9.17) is 0 Å². The standard InChI is InChI=1S/C23H21N3OS/c27-23(17-18-8-10-20(11-9-18)19-5-2-1-3-6-19)24-13-15-26-14-12-21(25-26)22-7-4-16-28-22/h1-12,14,16H,13,15,17H2,(H,24,27). The summed E-state index contributed by atoms with van der Waals surface area (Å²) in [5.74, 6) is 0.0260. The van der Waals surface area contributed by atoms with E-state index in [0.29, 0.717) is 19.5 Å². The predicted molar refractivity (Wildman–Crippen MR) is 114 cm³/mol. The molecule has 5 heteroatoms. The lowest BCUT2D eigenvalue weighted by molar-refractivity contribution is -0.120. The monoisotopic (exact) mass is 387 g/mol. The summed E-state index contributed by atoms with van der Waals surface area (Å²) in [6.45, 7) is 1.22. The van der Waals surface area contributed by atoms with Crippen molar-refractivity contribution in [1.29, 1.82) is 0 Å². The molecular weight excluding hydrogens is 366 g/mol. The Balaban J connectivity index is 1.26. The molecule has 4 aromatic rings. The summed E-state index contributed by atoms with van der Waals surface area (Å²) in [4.78, 5) is 13.4. The number of carbonyl (C=O) groups excluding carboxylic acids is 1. The summed E-state index contributed by atoms with van der Waals surface area (Å²) in [5, 5.41) is 9.56. The normalized spacial score (nSPS) is 10.7. The van der Waals surface area contributed by atoms with Gasteiger partial charge < -0.3 is 5.32 Å². The number of nitrogens with one attached hydrogen (secondary N) is 1. The highest BCUT2D eigenvalue weighted by Crippen LogP contribution is 2.22. The molecule has 4 rings (SSSR count). The van der Waals surface area contributed by atoms with Crippen molar-refractivity contribution in [3.05, 3.63) is 89.9 Å². The number of rotatable bonds is 7. The number of nitrogens with zero attached hydrogens (tertiary/aromatic N) is 2. The predicted octanol–water partition coefficient (Wildman–Crippen LogP) is 4.64. The fourth-order valence-electron chi connectivity index (χ4n) is 3.05. The third-order valence-corrected chi connectivity index (χ3v) is 5.40. The van der Waals surface area contributed by atoms with Gasteiger partial charge in [-0.15, -0.1) is 11.3 Å². The first-order valence-electron chi connectivity index (χ1n) is 9.26. The van der Waals surface area contributed by atoms with E-state index >= 15 is 0 Å². The van der Waals surface area contributed by atoms with Gasteiger partial charge in [-0.1, -0.05) is 60.7 Å². The van der Waals surface area contributed by atoms with Crippen LogP contribution in [0.15, 0.2) is 84.4 Å². The van der Waals surface area contributed by atoms with Gasteiger partial charge in [-0.2, -0.15) is 5.10 Å². The number of hydrogen-bond acceptors (Lipinski definition) is 3. The molecule has 1 N–H and O–H groups in total. The van der Waals surface area contributed by atoms with Crippen LogP contribution in [0.25, 0.3) is 21.7 Å². The lowest BCUT2D eigenvalue weighted by Gasteiger charge is -2.07. The van der Waals surface area contributed by atoms with E-state index in [1.807, 2.05) is 58.7 Å². The number of hydrogen-bond donors (Lipinski definition) is 1. The molecule has 4 nitrogen and oxygen atoms in total. The zero-order valence-electron chi connectivity index (χ0n) is 15.4. The van der Waals surface area contributed by atoms with Crippen molar-refractivity contribution < 1.29 is 4.79 Å². The van der Waals surface area contributed by atoms with Crippen LogP contribution in [0, 0.1) is 0 Å². The molecule has 0 fully saturated rings. The Bertz CT molecular complexity index is 1020. The van der Waals surface area contributed by atoms with Crippen LogP contribution >= 0.6 is 11.3 Å². The van der Waals surface area contributed by atoms with E-state index in [9.17, 15) is 4.79 Å². The highest BCUT2D eigenvalue weighted by Gasteiger charge is 2.06. The fraction of sp³-hybridized carbons (Fsp3) is 0.130. The van der Waals surface area contributed by atoms with Gasteiger partial charge in [0.2, 0.25) is 5.91 Å². The summed E-state index contributed by atoms with van der Waals surface area (Å²) in [5.41, 5.74) is 4.32. The quantitative estimate of drug-likeness (QED) is 0.502. The van der Waals surface area contributed by atoms with E-state index in [-0.39, 0.29) is 5.91 Å². The smallest absolute Gasteiger partial charge is 0.224 e. The second-order valence-electron chi connectivity index (χ2n) is 6.53. The molecule has 2 aromatic carbocycles. The van der Waals surface area contributed by atoms with Crippen molar-refractivity contribution in [2.45, 2.75) is 13.0 Å². The van der Waals surface area contributed by atoms with Crippen LogP contribution in [0.2, 0.25) is 0 Å². The lowest BCUT2D eigenvalue weighted by atomic mass is 10.0. The van der Waals surface area contributed by atoms with Gasteiger partial charge in [0.1, 0.15) is 5.69 Å². The van der Waals surface area contributed by atoms with E-state index in [2.05, 4.69) is 40.7 Å². The fourth-order valence-corrected chi connectivity index (χ4v) is 3.74. The average Bonchev–Trinajstić information content (AvgIpc) is 3.41. The highest BCUT2D eigenvalue weighted by molar-refractivity contribution is 7.13. The molecule has 140 valence electrons. The topological polar surface area (TPSA) is 46.9 Å². The van der Waals surface area contributed by atoms with Crippen LogP contribution in [-0.4, -0.2) is 22.2 Å². The Morgan fingerprint density at radius 1 is 0.929 bits per heavy atom. The molecule has 0 bridgehead atoms. The van der Waals surface area contributed by atoms with Crippen LogP contribution in [0.1, 0.15) is 5.56 Å². The SMILES string of the molecule is O=C(Cc1ccc(-c2ccccc2)cc1)NCCn1ccc(-c2cccs2)n1. The second kappa shape index (κ2) is 8.67. The van der Waals surface area contributed by atoms with Gasteiger partial charge in [-0.25, -0.2) is 0 Å². The zero-order chi connectivity index (χ0) is 19.2. The van der Waals surface area contributed by atoms with Crippen molar-refractivity contribution in [3.63, 3.8) is 0 Å². The van der Waals surface area contributed by atoms with Crippen LogP contribution in [0.4, 0.5) is 0 Å². The van der Waals surface area contributed by atoms with Crippen molar-refractivity contribution in [3.8, 4) is 21.7 Å². The number of thiophene rings is 1. The molecule has 0 spiro atoms. The molecule has 0 saturated carbocycles. The maximum absolute atomic E-state index is 12.2. The number of benzene rings is 2. The molecular formula is C23H21N3OS. The minimum absolute atomic E-state index is 0.0260. The van der Waals surface area contributed by atoms with Gasteiger partial charge in [-0.3, -0.25) is 9.48 Å². The molecule has 0 atom stereocenters. The van der Waals surface area contributed by atoms with Gasteiger partial charge in [-0.05, 0) is 34.2 Å². The molecule has 0 aliphatic carbocycles. The van der Waals surface area contributed by atoms with Gasteiger partial charge in [0.05, 0.1) is 17.8 Å². The first kappa shape index (κ1) is 18.2. The van der Waals surface area contributed by atoms with E-state index in [1.165, 1.54) is 5.56 Å². The van der Waals surface area contributed by atoms with Crippen LogP contribution in [-0.2, 0) is 17.8 Å². The largest absolute Gasteiger partial charge is 0.354 e. The Morgan fingerprint density at radius 3 is 2.46 bits per heavy atom. The van der Waals surface area contributed by atoms with Gasteiger partial charge >= 0.3 is 0 Å². The second-order valence-corrected chi connectivity index (χ2v) is 7.48. The lowest BCUT2D eigenvalue weighted by Crippen LogP contribution is -2.28. The molecule has 0 saturated heterocycles. The van der Waals surface area contributed by atoms with E-state index < -0.39 is 0 Å². The van der Waals surface area contributed by atoms with Crippen molar-refractivity contribution in [2.75, 3.05) is 6.54 Å². The van der Waals surface area contributed by atoms with Crippen molar-refractivity contribution in [1.82, 2.24) is 15.1 Å². The Morgan fingerprint density at radius 2 is 1.71 bits per heavy atom. The Labute approximate surface area is 168 Å². The van der Waals surface area contributed by atoms with Crippen LogP contribution in [0.3, 0.4) is 0 Å². The summed E-state index contributed by atoms with van der Waals surface area (Å²) in [6, 6.07) is 24.5. The van der Waals surface area contributed by atoms with Crippen LogP contribution in [0.5, 0.6) is 0 Å². The minimum atomic E-state index is 0.0260. The first-order valence-corrected chi connectivity index (χ1v) is 10.1. The summed E-state index contributed by atoms with van der Waals surface area (Å²) in [7, 11) is 0. The van der Waals surface area contributed by atoms with Crippen LogP contribution < -0.4 is 5.32 Å². The molecule has 1 amide bonds. The summed E-state index contributed by atoms with van der Waals surface area (Å²) < 4.78 is 1.87. The summed E-state index contributed by atoms with van der Waals surface area (Å²) >= 11 is 1.67. The molecule has 0 aliphatic rings. The third kappa shape index (κ3) is 4.56. The molecule has 2 heterocycles. The van der Waals surface area contributed by atoms with E-state index in [0.717, 1.165) is 21.7 Å². The number of amides is 1. The maximum Gasteiger partial charge on any atom is 0.224 e. The molecule has 2 aromatic heterocycles. The van der Waals surface area contributed by atoms with Crippen molar-refractivity contribution in [2.24, 2.45) is 0 Å². The molecule has 28 heavy (non-hydrogen) atoms. The Hall–Kier alpha value is -3.18. The maximum atomic E-state index is 12.2. The Kier molecular flexibility index (Phi) is 5.64. The average molecular weight is 388 g/mol.